The normalized spacial score (nSPS) is 30.6. The van der Waals surface area contributed by atoms with Crippen LogP contribution in [0.15, 0.2) is 23.8 Å². The fourth-order valence-electron chi connectivity index (χ4n) is 4.46. The van der Waals surface area contributed by atoms with Crippen LogP contribution >= 0.6 is 0 Å². The van der Waals surface area contributed by atoms with E-state index >= 15 is 0 Å². The lowest BCUT2D eigenvalue weighted by molar-refractivity contribution is -0.132. The maximum Gasteiger partial charge on any atom is 0.420 e. The van der Waals surface area contributed by atoms with Gasteiger partial charge in [-0.1, -0.05) is 6.07 Å². The van der Waals surface area contributed by atoms with Crippen molar-refractivity contribution in [2.75, 3.05) is 0 Å². The molecule has 3 aliphatic rings. The Kier molecular flexibility index (Phi) is 2.28. The summed E-state index contributed by atoms with van der Waals surface area (Å²) >= 11 is 0. The molecule has 0 heterocycles. The van der Waals surface area contributed by atoms with E-state index in [2.05, 4.69) is 0 Å². The van der Waals surface area contributed by atoms with Crippen molar-refractivity contribution in [3.8, 4) is 5.75 Å². The van der Waals surface area contributed by atoms with Crippen LogP contribution in [0, 0.1) is 11.3 Å². The average Bonchev–Trinajstić information content (AvgIpc) is 2.89. The fraction of sp³-hybridized carbons (Fsp3) is 0.438. The molecule has 1 N–H and O–H groups in total. The maximum atomic E-state index is 13.4. The number of allylic oxidation sites excluding steroid dienone is 2. The number of ketones is 1. The molecule has 0 radical (unpaired) electrons. The van der Waals surface area contributed by atoms with Crippen LogP contribution in [-0.2, 0) is 11.2 Å². The molecule has 1 aromatic rings. The SMILES string of the molecule is O=C1C(C(F)(F)F)=C2c3ccc(O)cc3C[C@]23CC[C@@H]1C3. The molecule has 2 bridgehead atoms. The van der Waals surface area contributed by atoms with E-state index < -0.39 is 28.9 Å². The van der Waals surface area contributed by atoms with Gasteiger partial charge in [-0.15, -0.1) is 0 Å². The number of hydrogen-bond donors (Lipinski definition) is 1. The van der Waals surface area contributed by atoms with Crippen molar-refractivity contribution in [2.45, 2.75) is 31.9 Å². The van der Waals surface area contributed by atoms with Crippen molar-refractivity contribution in [1.29, 1.82) is 0 Å². The second-order valence-electron chi connectivity index (χ2n) is 6.35. The van der Waals surface area contributed by atoms with Crippen LogP contribution in [0.1, 0.15) is 30.4 Å². The van der Waals surface area contributed by atoms with Gasteiger partial charge in [0.25, 0.3) is 0 Å². The summed E-state index contributed by atoms with van der Waals surface area (Å²) in [7, 11) is 0. The van der Waals surface area contributed by atoms with Crippen LogP contribution in [0.4, 0.5) is 13.2 Å². The fourth-order valence-corrected chi connectivity index (χ4v) is 4.46. The first-order chi connectivity index (χ1) is 9.82. The standard InChI is InChI=1S/C16H13F3O2/c17-16(18,19)13-12-11-2-1-10(20)5-9(11)7-15(12)4-3-8(6-15)14(13)21/h1-2,5,8,20H,3-4,6-7H2/t8-,15-/m1/s1. The average molecular weight is 294 g/mol. The third-order valence-electron chi connectivity index (χ3n) is 5.18. The monoisotopic (exact) mass is 294 g/mol. The van der Waals surface area contributed by atoms with Crippen LogP contribution in [0.25, 0.3) is 5.57 Å². The van der Waals surface area contributed by atoms with E-state index in [4.69, 9.17) is 0 Å². The van der Waals surface area contributed by atoms with E-state index in [1.165, 1.54) is 18.2 Å². The Morgan fingerprint density at radius 1 is 1.29 bits per heavy atom. The molecule has 1 fully saturated rings. The Hall–Kier alpha value is -1.78. The number of phenols is 1. The molecule has 1 saturated carbocycles. The predicted molar refractivity (Wildman–Crippen MR) is 69.6 cm³/mol. The van der Waals surface area contributed by atoms with Crippen molar-refractivity contribution >= 4 is 11.4 Å². The van der Waals surface area contributed by atoms with Gasteiger partial charge in [0.1, 0.15) is 11.3 Å². The second kappa shape index (κ2) is 3.70. The Bertz CT molecular complexity index is 702. The third kappa shape index (κ3) is 1.57. The molecule has 1 spiro atoms. The van der Waals surface area contributed by atoms with E-state index in [9.17, 15) is 23.1 Å². The van der Waals surface area contributed by atoms with Gasteiger partial charge in [0.15, 0.2) is 5.78 Å². The molecule has 0 aliphatic heterocycles. The summed E-state index contributed by atoms with van der Waals surface area (Å²) < 4.78 is 40.3. The maximum absolute atomic E-state index is 13.4. The van der Waals surface area contributed by atoms with Gasteiger partial charge in [-0.3, -0.25) is 4.79 Å². The molecule has 2 atom stereocenters. The van der Waals surface area contributed by atoms with Gasteiger partial charge in [0.2, 0.25) is 0 Å². The number of hydrogen-bond acceptors (Lipinski definition) is 2. The molecule has 0 unspecified atom stereocenters. The number of rotatable bonds is 0. The van der Waals surface area contributed by atoms with Gasteiger partial charge in [-0.2, -0.15) is 13.2 Å². The first kappa shape index (κ1) is 12.9. The van der Waals surface area contributed by atoms with Crippen LogP contribution < -0.4 is 0 Å². The molecule has 1 aromatic carbocycles. The molecule has 0 aromatic heterocycles. The largest absolute Gasteiger partial charge is 0.508 e. The predicted octanol–water partition coefficient (Wildman–Crippen LogP) is 3.63. The zero-order chi connectivity index (χ0) is 15.0. The molecule has 0 amide bonds. The van der Waals surface area contributed by atoms with Crippen molar-refractivity contribution in [3.63, 3.8) is 0 Å². The Morgan fingerprint density at radius 2 is 2.05 bits per heavy atom. The Balaban J connectivity index is 2.05. The minimum Gasteiger partial charge on any atom is -0.508 e. The van der Waals surface area contributed by atoms with Gasteiger partial charge < -0.3 is 5.11 Å². The van der Waals surface area contributed by atoms with Crippen molar-refractivity contribution in [1.82, 2.24) is 0 Å². The van der Waals surface area contributed by atoms with E-state index in [0.717, 1.165) is 5.56 Å². The summed E-state index contributed by atoms with van der Waals surface area (Å²) in [6.45, 7) is 0. The number of benzene rings is 1. The third-order valence-corrected chi connectivity index (χ3v) is 5.18. The number of aromatic hydroxyl groups is 1. The molecule has 0 saturated heterocycles. The molecule has 2 nitrogen and oxygen atoms in total. The molecular formula is C16H13F3O2. The molecule has 5 heteroatoms. The summed E-state index contributed by atoms with van der Waals surface area (Å²) in [5.74, 6) is -1.18. The molecule has 4 rings (SSSR count). The van der Waals surface area contributed by atoms with Crippen LogP contribution in [0.3, 0.4) is 0 Å². The molecular weight excluding hydrogens is 281 g/mol. The van der Waals surface area contributed by atoms with Crippen LogP contribution in [0.2, 0.25) is 0 Å². The Morgan fingerprint density at radius 3 is 2.76 bits per heavy atom. The van der Waals surface area contributed by atoms with E-state index in [1.54, 1.807) is 0 Å². The number of carbonyl (C=O) groups excluding carboxylic acids is 1. The number of fused-ring (bicyclic) bond motifs is 3. The summed E-state index contributed by atoms with van der Waals surface area (Å²) in [5, 5.41) is 9.57. The van der Waals surface area contributed by atoms with Crippen LogP contribution in [0.5, 0.6) is 5.75 Å². The quantitative estimate of drug-likeness (QED) is 0.793. The number of carbonyl (C=O) groups is 1. The lowest BCUT2D eigenvalue weighted by atomic mass is 9.71. The lowest BCUT2D eigenvalue weighted by Crippen LogP contribution is -2.34. The highest BCUT2D eigenvalue weighted by Gasteiger charge is 2.59. The summed E-state index contributed by atoms with van der Waals surface area (Å²) in [6, 6.07) is 4.44. The molecule has 110 valence electrons. The van der Waals surface area contributed by atoms with Gasteiger partial charge in [0.05, 0.1) is 0 Å². The smallest absolute Gasteiger partial charge is 0.420 e. The van der Waals surface area contributed by atoms with E-state index in [0.29, 0.717) is 31.2 Å². The zero-order valence-electron chi connectivity index (χ0n) is 11.1. The number of halogens is 3. The first-order valence-electron chi connectivity index (χ1n) is 7.00. The minimum absolute atomic E-state index is 0.0545. The summed E-state index contributed by atoms with van der Waals surface area (Å²) in [4.78, 5) is 12.2. The highest BCUT2D eigenvalue weighted by Crippen LogP contribution is 2.64. The van der Waals surface area contributed by atoms with Crippen molar-refractivity contribution < 1.29 is 23.1 Å². The van der Waals surface area contributed by atoms with E-state index in [-0.39, 0.29) is 11.3 Å². The Labute approximate surface area is 119 Å². The molecule has 21 heavy (non-hydrogen) atoms. The van der Waals surface area contributed by atoms with E-state index in [1.807, 2.05) is 0 Å². The topological polar surface area (TPSA) is 37.3 Å². The first-order valence-corrected chi connectivity index (χ1v) is 7.00. The van der Waals surface area contributed by atoms with Crippen molar-refractivity contribution in [2.24, 2.45) is 11.3 Å². The van der Waals surface area contributed by atoms with Crippen molar-refractivity contribution in [3.05, 3.63) is 34.9 Å². The molecule has 3 aliphatic carbocycles. The minimum atomic E-state index is -4.61. The van der Waals surface area contributed by atoms with Gasteiger partial charge in [-0.25, -0.2) is 0 Å². The lowest BCUT2D eigenvalue weighted by Gasteiger charge is -2.33. The second-order valence-corrected chi connectivity index (χ2v) is 6.35. The zero-order valence-corrected chi connectivity index (χ0v) is 11.1. The summed E-state index contributed by atoms with van der Waals surface area (Å²) in [6.07, 6.45) is -2.46. The highest BCUT2D eigenvalue weighted by atomic mass is 19.4. The van der Waals surface area contributed by atoms with Gasteiger partial charge in [0, 0.05) is 11.3 Å². The van der Waals surface area contributed by atoms with Gasteiger partial charge >= 0.3 is 6.18 Å². The highest BCUT2D eigenvalue weighted by molar-refractivity contribution is 6.09. The number of alkyl halides is 3. The van der Waals surface area contributed by atoms with Gasteiger partial charge in [-0.05, 0) is 54.5 Å². The number of Topliss-reactive ketones (excluding diaryl/α,β-unsaturated/α-hetero) is 1. The van der Waals surface area contributed by atoms with Crippen LogP contribution in [-0.4, -0.2) is 17.1 Å². The number of phenolic OH excluding ortho intramolecular Hbond substituents is 1. The summed E-state index contributed by atoms with van der Waals surface area (Å²) in [5.41, 5.74) is -0.0973.